The first-order valence-electron chi connectivity index (χ1n) is 5.38. The fraction of sp³-hybridized carbons (Fsp3) is 0. The van der Waals surface area contributed by atoms with Gasteiger partial charge >= 0.3 is 11.9 Å². The van der Waals surface area contributed by atoms with Crippen LogP contribution in [-0.2, 0) is 16.5 Å². The van der Waals surface area contributed by atoms with E-state index in [2.05, 4.69) is 0 Å². The van der Waals surface area contributed by atoms with E-state index in [1.54, 1.807) is 0 Å². The zero-order valence-electron chi connectivity index (χ0n) is 10.4. The van der Waals surface area contributed by atoms with Gasteiger partial charge in [-0.25, -0.2) is 18.4 Å². The van der Waals surface area contributed by atoms with Crippen LogP contribution in [0.5, 0.6) is 0 Å². The van der Waals surface area contributed by atoms with Crippen molar-refractivity contribution in [2.45, 2.75) is 0 Å². The number of aromatic carboxylic acids is 2. The van der Waals surface area contributed by atoms with Gasteiger partial charge in [0.15, 0.2) is 0 Å². The number of benzene rings is 2. The number of carboxylic acid groups (broad SMARTS) is 2. The molecule has 2 N–H and O–H groups in total. The third kappa shape index (κ3) is 6.63. The number of hydrogen-bond donors (Lipinski definition) is 2. The molecule has 21 heavy (non-hydrogen) atoms. The maximum absolute atomic E-state index is 12.2. The summed E-state index contributed by atoms with van der Waals surface area (Å²) >= 11 is 0. The van der Waals surface area contributed by atoms with Gasteiger partial charge in [-0.05, 0) is 48.5 Å². The molecule has 0 bridgehead atoms. The molecular weight excluding hydrogens is 329 g/mol. The normalized spacial score (nSPS) is 8.86. The molecule has 0 unspecified atom stereocenters. The van der Waals surface area contributed by atoms with Crippen LogP contribution in [0.4, 0.5) is 8.78 Å². The van der Waals surface area contributed by atoms with Crippen LogP contribution in [0.3, 0.4) is 0 Å². The van der Waals surface area contributed by atoms with Crippen molar-refractivity contribution in [3.05, 3.63) is 71.3 Å². The minimum absolute atomic E-state index is 0. The smallest absolute Gasteiger partial charge is 0.335 e. The van der Waals surface area contributed by atoms with E-state index < -0.39 is 23.6 Å². The van der Waals surface area contributed by atoms with Crippen molar-refractivity contribution in [3.63, 3.8) is 0 Å². The summed E-state index contributed by atoms with van der Waals surface area (Å²) < 4.78 is 24.3. The summed E-state index contributed by atoms with van der Waals surface area (Å²) in [5.41, 5.74) is 0.197. The Morgan fingerprint density at radius 3 is 1.10 bits per heavy atom. The van der Waals surface area contributed by atoms with Crippen molar-refractivity contribution in [3.8, 4) is 0 Å². The van der Waals surface area contributed by atoms with E-state index in [4.69, 9.17) is 10.2 Å². The van der Waals surface area contributed by atoms with Gasteiger partial charge in [0, 0.05) is 16.5 Å². The Balaban J connectivity index is 0.000000364. The minimum Gasteiger partial charge on any atom is -0.478 e. The summed E-state index contributed by atoms with van der Waals surface area (Å²) in [7, 11) is 0. The second kappa shape index (κ2) is 8.82. The molecule has 2 aromatic rings. The van der Waals surface area contributed by atoms with Gasteiger partial charge in [0.25, 0.3) is 0 Å². The standard InChI is InChI=1S/2C7H5FO2.Ni/c2*8-6-3-1-5(2-4-6)7(9)10;/h2*1-4H,(H,9,10);. The molecular formula is C14H10F2NiO4. The van der Waals surface area contributed by atoms with Gasteiger partial charge in [-0.3, -0.25) is 0 Å². The Kier molecular flexibility index (Phi) is 7.86. The molecule has 0 heterocycles. The molecule has 4 nitrogen and oxygen atoms in total. The zero-order valence-corrected chi connectivity index (χ0v) is 11.4. The van der Waals surface area contributed by atoms with Gasteiger partial charge in [0.1, 0.15) is 11.6 Å². The van der Waals surface area contributed by atoms with E-state index in [1.807, 2.05) is 0 Å². The van der Waals surface area contributed by atoms with Gasteiger partial charge in [-0.2, -0.15) is 0 Å². The molecule has 0 aliphatic carbocycles. The second-order valence-electron chi connectivity index (χ2n) is 3.62. The van der Waals surface area contributed by atoms with Gasteiger partial charge in [-0.1, -0.05) is 0 Å². The molecule has 0 radical (unpaired) electrons. The first-order chi connectivity index (χ1) is 9.40. The van der Waals surface area contributed by atoms with Crippen LogP contribution in [0.25, 0.3) is 0 Å². The van der Waals surface area contributed by atoms with Crippen LogP contribution >= 0.6 is 0 Å². The third-order valence-corrected chi connectivity index (χ3v) is 2.18. The van der Waals surface area contributed by atoms with Crippen molar-refractivity contribution in [2.24, 2.45) is 0 Å². The van der Waals surface area contributed by atoms with E-state index in [9.17, 15) is 18.4 Å². The summed E-state index contributed by atoms with van der Waals surface area (Å²) in [6.07, 6.45) is 0. The maximum atomic E-state index is 12.2. The molecule has 0 aliphatic heterocycles. The number of hydrogen-bond acceptors (Lipinski definition) is 2. The average molecular weight is 339 g/mol. The topological polar surface area (TPSA) is 74.6 Å². The molecule has 0 aliphatic rings. The number of halogens is 2. The van der Waals surface area contributed by atoms with Crippen molar-refractivity contribution in [2.75, 3.05) is 0 Å². The molecule has 2 rings (SSSR count). The van der Waals surface area contributed by atoms with E-state index in [0.717, 1.165) is 24.3 Å². The van der Waals surface area contributed by atoms with Gasteiger partial charge in [0.2, 0.25) is 0 Å². The fourth-order valence-corrected chi connectivity index (χ4v) is 1.18. The van der Waals surface area contributed by atoms with E-state index in [1.165, 1.54) is 24.3 Å². The molecule has 114 valence electrons. The Labute approximate surface area is 129 Å². The molecule has 0 saturated heterocycles. The minimum atomic E-state index is -1.04. The summed E-state index contributed by atoms with van der Waals surface area (Å²) in [6.45, 7) is 0. The van der Waals surface area contributed by atoms with Crippen molar-refractivity contribution in [1.82, 2.24) is 0 Å². The van der Waals surface area contributed by atoms with E-state index in [-0.39, 0.29) is 27.6 Å². The Morgan fingerprint density at radius 2 is 0.905 bits per heavy atom. The monoisotopic (exact) mass is 338 g/mol. The predicted octanol–water partition coefficient (Wildman–Crippen LogP) is 3.05. The van der Waals surface area contributed by atoms with Gasteiger partial charge in [-0.15, -0.1) is 0 Å². The Hall–Kier alpha value is -2.27. The summed E-state index contributed by atoms with van der Waals surface area (Å²) in [5.74, 6) is -2.94. The molecule has 0 spiro atoms. The Bertz CT molecular complexity index is 542. The van der Waals surface area contributed by atoms with Crippen LogP contribution in [0.2, 0.25) is 0 Å². The van der Waals surface area contributed by atoms with E-state index >= 15 is 0 Å². The van der Waals surface area contributed by atoms with Crippen LogP contribution < -0.4 is 0 Å². The van der Waals surface area contributed by atoms with Crippen LogP contribution in [0.1, 0.15) is 20.7 Å². The number of carbonyl (C=O) groups is 2. The van der Waals surface area contributed by atoms with Crippen LogP contribution in [0.15, 0.2) is 48.5 Å². The molecule has 0 saturated carbocycles. The maximum Gasteiger partial charge on any atom is 0.335 e. The van der Waals surface area contributed by atoms with Gasteiger partial charge < -0.3 is 10.2 Å². The second-order valence-corrected chi connectivity index (χ2v) is 3.62. The van der Waals surface area contributed by atoms with Crippen LogP contribution in [0, 0.1) is 11.6 Å². The molecule has 7 heteroatoms. The quantitative estimate of drug-likeness (QED) is 0.825. The molecule has 0 amide bonds. The largest absolute Gasteiger partial charge is 0.478 e. The molecule has 0 fully saturated rings. The van der Waals surface area contributed by atoms with Crippen LogP contribution in [-0.4, -0.2) is 22.2 Å². The molecule has 2 aromatic carbocycles. The Morgan fingerprint density at radius 1 is 0.667 bits per heavy atom. The summed E-state index contributed by atoms with van der Waals surface area (Å²) in [5, 5.41) is 16.7. The summed E-state index contributed by atoms with van der Waals surface area (Å²) in [6, 6.07) is 9.34. The average Bonchev–Trinajstić information content (AvgIpc) is 2.40. The van der Waals surface area contributed by atoms with Gasteiger partial charge in [0.05, 0.1) is 11.1 Å². The van der Waals surface area contributed by atoms with E-state index in [0.29, 0.717) is 0 Å². The first kappa shape index (κ1) is 18.7. The number of rotatable bonds is 2. The summed E-state index contributed by atoms with van der Waals surface area (Å²) in [4.78, 5) is 20.4. The number of carboxylic acids is 2. The third-order valence-electron chi connectivity index (χ3n) is 2.18. The molecule has 0 atom stereocenters. The van der Waals surface area contributed by atoms with Crippen molar-refractivity contribution in [1.29, 1.82) is 0 Å². The first-order valence-corrected chi connectivity index (χ1v) is 5.38. The predicted molar refractivity (Wildman–Crippen MR) is 66.7 cm³/mol. The molecule has 0 aromatic heterocycles. The van der Waals surface area contributed by atoms with Crippen molar-refractivity contribution >= 4 is 11.9 Å². The zero-order chi connectivity index (χ0) is 15.1. The van der Waals surface area contributed by atoms with Crippen molar-refractivity contribution < 1.29 is 45.1 Å². The SMILES string of the molecule is O=C(O)c1ccc(F)cc1.O=C(O)c1ccc(F)cc1.[Ni]. The fourth-order valence-electron chi connectivity index (χ4n) is 1.18.